The van der Waals surface area contributed by atoms with Crippen LogP contribution in [0.3, 0.4) is 0 Å². The normalized spacial score (nSPS) is 12.9. The fraction of sp³-hybridized carbons (Fsp3) is 0.192. The molecular formula is C26H26N3+. The lowest BCUT2D eigenvalue weighted by Gasteiger charge is -2.25. The smallest absolute Gasteiger partial charge is 0.232 e. The van der Waals surface area contributed by atoms with Crippen LogP contribution in [0.15, 0.2) is 83.9 Å². The lowest BCUT2D eigenvalue weighted by atomic mass is 9.79. The summed E-state index contributed by atoms with van der Waals surface area (Å²) >= 11 is 0. The van der Waals surface area contributed by atoms with Crippen LogP contribution in [-0.2, 0) is 12.5 Å². The van der Waals surface area contributed by atoms with Gasteiger partial charge in [-0.15, -0.1) is 0 Å². The highest BCUT2D eigenvalue weighted by molar-refractivity contribution is 6.06. The third-order valence-electron chi connectivity index (χ3n) is 5.68. The molecule has 0 aliphatic carbocycles. The molecule has 0 N–H and O–H groups in total. The highest BCUT2D eigenvalue weighted by Crippen LogP contribution is 2.26. The minimum absolute atomic E-state index is 0.179. The van der Waals surface area contributed by atoms with Crippen LogP contribution in [0.4, 0.5) is 0 Å². The van der Waals surface area contributed by atoms with Crippen molar-refractivity contribution in [1.29, 1.82) is 0 Å². The first-order valence-corrected chi connectivity index (χ1v) is 9.91. The zero-order valence-electron chi connectivity index (χ0n) is 17.4. The molecule has 3 aromatic carbocycles. The topological polar surface area (TPSA) is 29.1 Å². The molecule has 1 aromatic heterocycles. The van der Waals surface area contributed by atoms with Crippen molar-refractivity contribution in [3.8, 4) is 0 Å². The summed E-state index contributed by atoms with van der Waals surface area (Å²) in [7, 11) is 3.95. The van der Waals surface area contributed by atoms with E-state index in [0.717, 1.165) is 33.3 Å². The number of fused-ring (bicyclic) bond motifs is 2. The van der Waals surface area contributed by atoms with E-state index in [9.17, 15) is 0 Å². The maximum atomic E-state index is 4.95. The van der Waals surface area contributed by atoms with Crippen molar-refractivity contribution >= 4 is 33.9 Å². The highest BCUT2D eigenvalue weighted by atomic mass is 15.0. The van der Waals surface area contributed by atoms with Crippen molar-refractivity contribution < 1.29 is 4.57 Å². The molecule has 0 unspecified atom stereocenters. The van der Waals surface area contributed by atoms with E-state index in [-0.39, 0.29) is 5.41 Å². The molecule has 0 saturated carbocycles. The summed E-state index contributed by atoms with van der Waals surface area (Å²) in [6, 6.07) is 25.1. The summed E-state index contributed by atoms with van der Waals surface area (Å²) in [5.41, 5.74) is 7.43. The molecular weight excluding hydrogens is 354 g/mol. The molecule has 144 valence electrons. The zero-order valence-corrected chi connectivity index (χ0v) is 17.4. The molecule has 0 amide bonds. The van der Waals surface area contributed by atoms with E-state index < -0.39 is 0 Å². The summed E-state index contributed by atoms with van der Waals surface area (Å²) in [5, 5.41) is 0. The first kappa shape index (κ1) is 19.0. The molecule has 3 nitrogen and oxygen atoms in total. The van der Waals surface area contributed by atoms with Crippen molar-refractivity contribution in [3.63, 3.8) is 0 Å². The Hall–Kier alpha value is -3.33. The van der Waals surface area contributed by atoms with Gasteiger partial charge in [0.25, 0.3) is 0 Å². The Labute approximate surface area is 172 Å². The van der Waals surface area contributed by atoms with E-state index in [1.807, 2.05) is 19.2 Å². The summed E-state index contributed by atoms with van der Waals surface area (Å²) in [6.07, 6.45) is 4.26. The number of aliphatic imine (C=N–C) groups is 1. The molecule has 0 spiro atoms. The minimum atomic E-state index is -0.179. The molecule has 4 aromatic rings. The average Bonchev–Trinajstić information content (AvgIpc) is 2.75. The number of para-hydroxylation sites is 3. The van der Waals surface area contributed by atoms with Crippen LogP contribution >= 0.6 is 0 Å². The van der Waals surface area contributed by atoms with Crippen LogP contribution < -0.4 is 4.57 Å². The monoisotopic (exact) mass is 380 g/mol. The van der Waals surface area contributed by atoms with Crippen molar-refractivity contribution in [2.45, 2.75) is 19.3 Å². The number of nitrogens with zero attached hydrogens (tertiary/aromatic N) is 3. The largest absolute Gasteiger partial charge is 0.292 e. The summed E-state index contributed by atoms with van der Waals surface area (Å²) in [5.74, 6) is 0. The molecule has 0 saturated heterocycles. The van der Waals surface area contributed by atoms with Crippen molar-refractivity contribution in [3.05, 3.63) is 90.0 Å². The minimum Gasteiger partial charge on any atom is -0.292 e. The Morgan fingerprint density at radius 2 is 1.59 bits per heavy atom. The number of allylic oxidation sites excluding steroid dienone is 1. The van der Waals surface area contributed by atoms with Gasteiger partial charge in [-0.05, 0) is 17.7 Å². The van der Waals surface area contributed by atoms with Gasteiger partial charge < -0.3 is 0 Å². The molecule has 0 fully saturated rings. The van der Waals surface area contributed by atoms with Gasteiger partial charge in [0, 0.05) is 35.9 Å². The third-order valence-corrected chi connectivity index (χ3v) is 5.68. The quantitative estimate of drug-likeness (QED) is 0.269. The van der Waals surface area contributed by atoms with E-state index >= 15 is 0 Å². The van der Waals surface area contributed by atoms with E-state index in [4.69, 9.17) is 4.98 Å². The van der Waals surface area contributed by atoms with Crippen molar-refractivity contribution in [2.75, 3.05) is 7.05 Å². The second-order valence-corrected chi connectivity index (χ2v) is 7.81. The van der Waals surface area contributed by atoms with Crippen LogP contribution in [-0.4, -0.2) is 17.7 Å². The molecule has 0 bridgehead atoms. The molecule has 4 rings (SSSR count). The van der Waals surface area contributed by atoms with Crippen LogP contribution in [0.1, 0.15) is 25.0 Å². The standard InChI is InChI=1S/C26H26N3/c1-26(2,20-12-6-5-7-13-20)24(27-3)18-17-19-11-10-16-23-25(19)28-21-14-8-9-15-22(21)29(23)4/h5-18H,1-4H3/q+1/b18-17+,27-24+. The number of hydrogen-bond donors (Lipinski definition) is 0. The third kappa shape index (κ3) is 3.44. The van der Waals surface area contributed by atoms with Gasteiger partial charge in [-0.25, -0.2) is 4.98 Å². The first-order valence-electron chi connectivity index (χ1n) is 9.91. The van der Waals surface area contributed by atoms with Gasteiger partial charge in [-0.1, -0.05) is 74.5 Å². The summed E-state index contributed by atoms with van der Waals surface area (Å²) < 4.78 is 2.21. The van der Waals surface area contributed by atoms with E-state index in [1.165, 1.54) is 5.56 Å². The maximum absolute atomic E-state index is 4.95. The lowest BCUT2D eigenvalue weighted by molar-refractivity contribution is -0.617. The molecule has 3 heteroatoms. The fourth-order valence-electron chi connectivity index (χ4n) is 3.90. The fourth-order valence-corrected chi connectivity index (χ4v) is 3.90. The summed E-state index contributed by atoms with van der Waals surface area (Å²) in [4.78, 5) is 9.55. The SMILES string of the molecule is C/N=C(\C=C\c1cccc2c1nc1ccccc1[n+]2C)C(C)(C)c1ccccc1. The molecule has 29 heavy (non-hydrogen) atoms. The Bertz CT molecular complexity index is 1240. The van der Waals surface area contributed by atoms with Gasteiger partial charge in [0.05, 0.1) is 0 Å². The average molecular weight is 381 g/mol. The molecule has 0 radical (unpaired) electrons. The van der Waals surface area contributed by atoms with Gasteiger partial charge in [-0.3, -0.25) is 4.99 Å². The number of hydrogen-bond acceptors (Lipinski definition) is 2. The van der Waals surface area contributed by atoms with E-state index in [2.05, 4.69) is 103 Å². The molecule has 0 atom stereocenters. The predicted octanol–water partition coefficient (Wildman–Crippen LogP) is 5.27. The second-order valence-electron chi connectivity index (χ2n) is 7.81. The molecule has 0 aliphatic heterocycles. The lowest BCUT2D eigenvalue weighted by Crippen LogP contribution is -2.30. The Balaban J connectivity index is 1.80. The number of aryl methyl sites for hydroxylation is 1. The zero-order chi connectivity index (χ0) is 20.4. The summed E-state index contributed by atoms with van der Waals surface area (Å²) in [6.45, 7) is 4.42. The Morgan fingerprint density at radius 1 is 0.897 bits per heavy atom. The van der Waals surface area contributed by atoms with E-state index in [0.29, 0.717) is 0 Å². The predicted molar refractivity (Wildman–Crippen MR) is 122 cm³/mol. The first-order chi connectivity index (χ1) is 14.0. The van der Waals surface area contributed by atoms with Gasteiger partial charge in [0.15, 0.2) is 0 Å². The Morgan fingerprint density at radius 3 is 2.34 bits per heavy atom. The number of aromatic nitrogens is 2. The van der Waals surface area contributed by atoms with Crippen molar-refractivity contribution in [1.82, 2.24) is 4.98 Å². The van der Waals surface area contributed by atoms with E-state index in [1.54, 1.807) is 0 Å². The van der Waals surface area contributed by atoms with Crippen molar-refractivity contribution in [2.24, 2.45) is 12.0 Å². The van der Waals surface area contributed by atoms with Crippen LogP contribution in [0.5, 0.6) is 0 Å². The van der Waals surface area contributed by atoms with Crippen LogP contribution in [0.25, 0.3) is 28.1 Å². The molecule has 1 heterocycles. The van der Waals surface area contributed by atoms with Gasteiger partial charge in [0.2, 0.25) is 11.0 Å². The van der Waals surface area contributed by atoms with Crippen LogP contribution in [0.2, 0.25) is 0 Å². The van der Waals surface area contributed by atoms with Gasteiger partial charge >= 0.3 is 0 Å². The van der Waals surface area contributed by atoms with Gasteiger partial charge in [0.1, 0.15) is 18.1 Å². The number of benzene rings is 3. The van der Waals surface area contributed by atoms with Crippen LogP contribution in [0, 0.1) is 0 Å². The maximum Gasteiger partial charge on any atom is 0.232 e. The van der Waals surface area contributed by atoms with Gasteiger partial charge in [-0.2, -0.15) is 4.57 Å². The Kier molecular flexibility index (Phi) is 4.98. The second kappa shape index (κ2) is 7.59. The molecule has 0 aliphatic rings. The highest BCUT2D eigenvalue weighted by Gasteiger charge is 2.25. The number of rotatable bonds is 4.